The normalized spacial score (nSPS) is 11.2. The molecular formula is C16H20F3N3O3. The number of nitrogens with zero attached hydrogens (tertiary/aromatic N) is 2. The molecule has 6 nitrogen and oxygen atoms in total. The minimum atomic E-state index is -5.10. The number of anilines is 2. The van der Waals surface area contributed by atoms with Crippen molar-refractivity contribution in [3.8, 4) is 0 Å². The first-order valence-electron chi connectivity index (χ1n) is 7.37. The highest BCUT2D eigenvalue weighted by molar-refractivity contribution is 6.06. The van der Waals surface area contributed by atoms with Crippen molar-refractivity contribution in [3.63, 3.8) is 0 Å². The van der Waals surface area contributed by atoms with Crippen LogP contribution in [0.4, 0.5) is 24.5 Å². The second-order valence-electron chi connectivity index (χ2n) is 5.93. The molecule has 0 aromatic heterocycles. The minimum Gasteiger partial charge on any atom is -0.345 e. The SMILES string of the molecule is CC(C)C(=O)N(C)c1ccc(C(=O)N(C)C)c(NC(=O)C(F)(F)F)c1. The van der Waals surface area contributed by atoms with Gasteiger partial charge in [0.15, 0.2) is 0 Å². The molecule has 0 radical (unpaired) electrons. The summed E-state index contributed by atoms with van der Waals surface area (Å²) < 4.78 is 37.6. The van der Waals surface area contributed by atoms with Crippen molar-refractivity contribution < 1.29 is 27.6 Å². The zero-order valence-corrected chi connectivity index (χ0v) is 14.6. The highest BCUT2D eigenvalue weighted by Gasteiger charge is 2.39. The topological polar surface area (TPSA) is 69.7 Å². The van der Waals surface area contributed by atoms with Gasteiger partial charge in [-0.15, -0.1) is 0 Å². The largest absolute Gasteiger partial charge is 0.471 e. The number of amides is 3. The molecule has 1 rings (SSSR count). The van der Waals surface area contributed by atoms with Crippen molar-refractivity contribution in [1.82, 2.24) is 4.90 Å². The number of hydrogen-bond donors (Lipinski definition) is 1. The second-order valence-corrected chi connectivity index (χ2v) is 5.93. The standard InChI is InChI=1S/C16H20F3N3O3/c1-9(2)13(23)22(5)10-6-7-11(14(24)21(3)4)12(8-10)20-15(25)16(17,18)19/h6-9H,1-5H3,(H,20,25). The van der Waals surface area contributed by atoms with Crippen LogP contribution in [-0.2, 0) is 9.59 Å². The van der Waals surface area contributed by atoms with Gasteiger partial charge in [0.1, 0.15) is 0 Å². The van der Waals surface area contributed by atoms with Crippen LogP contribution < -0.4 is 10.2 Å². The van der Waals surface area contributed by atoms with E-state index in [1.165, 1.54) is 49.1 Å². The molecular weight excluding hydrogens is 339 g/mol. The number of halogens is 3. The molecule has 0 aliphatic rings. The van der Waals surface area contributed by atoms with Gasteiger partial charge in [0.05, 0.1) is 11.3 Å². The summed E-state index contributed by atoms with van der Waals surface area (Å²) in [7, 11) is 4.32. The molecule has 0 heterocycles. The summed E-state index contributed by atoms with van der Waals surface area (Å²) in [6.45, 7) is 3.35. The molecule has 0 aliphatic heterocycles. The molecule has 1 aromatic rings. The van der Waals surface area contributed by atoms with E-state index < -0.39 is 18.0 Å². The van der Waals surface area contributed by atoms with Crippen molar-refractivity contribution >= 4 is 29.1 Å². The summed E-state index contributed by atoms with van der Waals surface area (Å²) >= 11 is 0. The van der Waals surface area contributed by atoms with E-state index in [0.717, 1.165) is 0 Å². The van der Waals surface area contributed by atoms with E-state index in [0.29, 0.717) is 0 Å². The van der Waals surface area contributed by atoms with Gasteiger partial charge in [-0.2, -0.15) is 13.2 Å². The summed E-state index contributed by atoms with van der Waals surface area (Å²) in [5.41, 5.74) is -0.176. The van der Waals surface area contributed by atoms with E-state index in [4.69, 9.17) is 0 Å². The Morgan fingerprint density at radius 2 is 1.64 bits per heavy atom. The number of rotatable bonds is 4. The maximum atomic E-state index is 12.5. The van der Waals surface area contributed by atoms with Crippen molar-refractivity contribution in [2.45, 2.75) is 20.0 Å². The van der Waals surface area contributed by atoms with E-state index in [9.17, 15) is 27.6 Å². The lowest BCUT2D eigenvalue weighted by Crippen LogP contribution is -2.33. The molecule has 3 amide bonds. The molecule has 0 atom stereocenters. The third-order valence-electron chi connectivity index (χ3n) is 3.36. The Hall–Kier alpha value is -2.58. The molecule has 0 saturated heterocycles. The Bertz CT molecular complexity index is 685. The van der Waals surface area contributed by atoms with E-state index in [2.05, 4.69) is 0 Å². The Balaban J connectivity index is 3.36. The van der Waals surface area contributed by atoms with Crippen molar-refractivity contribution in [2.75, 3.05) is 31.4 Å². The van der Waals surface area contributed by atoms with Crippen LogP contribution in [0.15, 0.2) is 18.2 Å². The van der Waals surface area contributed by atoms with E-state index >= 15 is 0 Å². The quantitative estimate of drug-likeness (QED) is 0.898. The van der Waals surface area contributed by atoms with E-state index in [1.54, 1.807) is 19.2 Å². The van der Waals surface area contributed by atoms with Crippen molar-refractivity contribution in [1.29, 1.82) is 0 Å². The highest BCUT2D eigenvalue weighted by Crippen LogP contribution is 2.27. The molecule has 138 valence electrons. The van der Waals surface area contributed by atoms with Crippen LogP contribution in [0.1, 0.15) is 24.2 Å². The van der Waals surface area contributed by atoms with Gasteiger partial charge in [-0.3, -0.25) is 14.4 Å². The van der Waals surface area contributed by atoms with Crippen LogP contribution in [0.2, 0.25) is 0 Å². The van der Waals surface area contributed by atoms with E-state index in [1.807, 2.05) is 0 Å². The number of carbonyl (C=O) groups is 3. The van der Waals surface area contributed by atoms with Crippen LogP contribution in [0.25, 0.3) is 0 Å². The molecule has 1 aromatic carbocycles. The van der Waals surface area contributed by atoms with Gasteiger partial charge in [-0.05, 0) is 18.2 Å². The Labute approximate surface area is 143 Å². The van der Waals surface area contributed by atoms with Crippen molar-refractivity contribution in [3.05, 3.63) is 23.8 Å². The molecule has 9 heteroatoms. The molecule has 25 heavy (non-hydrogen) atoms. The van der Waals surface area contributed by atoms with Crippen molar-refractivity contribution in [2.24, 2.45) is 5.92 Å². The third kappa shape index (κ3) is 4.94. The molecule has 0 unspecified atom stereocenters. The molecule has 0 saturated carbocycles. The summed E-state index contributed by atoms with van der Waals surface area (Å²) in [5.74, 6) is -3.38. The number of benzene rings is 1. The van der Waals surface area contributed by atoms with Crippen LogP contribution >= 0.6 is 0 Å². The van der Waals surface area contributed by atoms with Crippen LogP contribution in [0.3, 0.4) is 0 Å². The lowest BCUT2D eigenvalue weighted by atomic mass is 10.1. The first-order valence-corrected chi connectivity index (χ1v) is 7.37. The zero-order valence-electron chi connectivity index (χ0n) is 14.6. The van der Waals surface area contributed by atoms with Crippen LogP contribution in [-0.4, -0.2) is 49.9 Å². The lowest BCUT2D eigenvalue weighted by molar-refractivity contribution is -0.167. The van der Waals surface area contributed by atoms with Crippen LogP contribution in [0, 0.1) is 5.92 Å². The van der Waals surface area contributed by atoms with Gasteiger partial charge in [0.25, 0.3) is 5.91 Å². The summed E-state index contributed by atoms with van der Waals surface area (Å²) in [4.78, 5) is 37.9. The van der Waals surface area contributed by atoms with Gasteiger partial charge >= 0.3 is 12.1 Å². The molecule has 0 bridgehead atoms. The van der Waals surface area contributed by atoms with Gasteiger partial charge in [0.2, 0.25) is 5.91 Å². The molecule has 1 N–H and O–H groups in total. The number of hydrogen-bond acceptors (Lipinski definition) is 3. The zero-order chi connectivity index (χ0) is 19.5. The smallest absolute Gasteiger partial charge is 0.345 e. The first kappa shape index (κ1) is 20.5. The maximum Gasteiger partial charge on any atom is 0.471 e. The van der Waals surface area contributed by atoms with Gasteiger partial charge in [-0.25, -0.2) is 0 Å². The fourth-order valence-corrected chi connectivity index (χ4v) is 1.98. The van der Waals surface area contributed by atoms with E-state index in [-0.39, 0.29) is 28.8 Å². The number of alkyl halides is 3. The Kier molecular flexibility index (Phi) is 6.17. The second kappa shape index (κ2) is 7.54. The molecule has 0 spiro atoms. The summed E-state index contributed by atoms with van der Waals surface area (Å²) in [6, 6.07) is 3.87. The fourth-order valence-electron chi connectivity index (χ4n) is 1.98. The first-order chi connectivity index (χ1) is 11.4. The fraction of sp³-hybridized carbons (Fsp3) is 0.438. The predicted molar refractivity (Wildman–Crippen MR) is 87.4 cm³/mol. The molecule has 0 fully saturated rings. The summed E-state index contributed by atoms with van der Waals surface area (Å²) in [5, 5.41) is 1.70. The minimum absolute atomic E-state index is 0.114. The predicted octanol–water partition coefficient (Wildman–Crippen LogP) is 2.51. The number of carbonyl (C=O) groups excluding carboxylic acids is 3. The average Bonchev–Trinajstić information content (AvgIpc) is 2.51. The Morgan fingerprint density at radius 3 is 2.08 bits per heavy atom. The summed E-state index contributed by atoms with van der Waals surface area (Å²) in [6.07, 6.45) is -5.10. The monoisotopic (exact) mass is 359 g/mol. The van der Waals surface area contributed by atoms with Gasteiger partial charge in [-0.1, -0.05) is 13.8 Å². The highest BCUT2D eigenvalue weighted by atomic mass is 19.4. The van der Waals surface area contributed by atoms with Crippen LogP contribution in [0.5, 0.6) is 0 Å². The number of nitrogens with one attached hydrogen (secondary N) is 1. The Morgan fingerprint density at radius 1 is 1.08 bits per heavy atom. The van der Waals surface area contributed by atoms with Gasteiger partial charge in [0, 0.05) is 32.7 Å². The third-order valence-corrected chi connectivity index (χ3v) is 3.36. The maximum absolute atomic E-state index is 12.5. The molecule has 0 aliphatic carbocycles. The average molecular weight is 359 g/mol. The van der Waals surface area contributed by atoms with Gasteiger partial charge < -0.3 is 15.1 Å². The lowest BCUT2D eigenvalue weighted by Gasteiger charge is -2.22.